The van der Waals surface area contributed by atoms with Gasteiger partial charge in [0.15, 0.2) is 0 Å². The molecule has 2 N–H and O–H groups in total. The second kappa shape index (κ2) is 3.96. The van der Waals surface area contributed by atoms with Crippen molar-refractivity contribution >= 4 is 12.6 Å². The van der Waals surface area contributed by atoms with Crippen molar-refractivity contribution in [3.05, 3.63) is 0 Å². The molecule has 1 nitrogen and oxygen atoms in total. The molecule has 4 aliphatic rings. The molecule has 0 aliphatic heterocycles. The molecule has 4 saturated carbocycles. The molecule has 0 spiro atoms. The molecule has 15 heavy (non-hydrogen) atoms. The summed E-state index contributed by atoms with van der Waals surface area (Å²) in [5.41, 5.74) is 5.67. The lowest BCUT2D eigenvalue weighted by Gasteiger charge is -2.56. The molecule has 86 valence electrons. The van der Waals surface area contributed by atoms with Crippen LogP contribution in [0.5, 0.6) is 0 Å². The highest BCUT2D eigenvalue weighted by atomic mass is 32.1. The molecule has 1 unspecified atom stereocenters. The van der Waals surface area contributed by atoms with E-state index in [9.17, 15) is 0 Å². The van der Waals surface area contributed by atoms with Crippen LogP contribution in [-0.4, -0.2) is 11.8 Å². The normalized spacial score (nSPS) is 49.6. The SMILES string of the molecule is NCCC(S)C1C2CC3CC(C2)CC1C3. The van der Waals surface area contributed by atoms with Crippen molar-refractivity contribution < 1.29 is 0 Å². The molecule has 2 heteroatoms. The van der Waals surface area contributed by atoms with Crippen LogP contribution in [0.15, 0.2) is 0 Å². The van der Waals surface area contributed by atoms with Gasteiger partial charge in [0.2, 0.25) is 0 Å². The lowest BCUT2D eigenvalue weighted by atomic mass is 9.51. The lowest BCUT2D eigenvalue weighted by Crippen LogP contribution is -2.48. The van der Waals surface area contributed by atoms with Crippen LogP contribution < -0.4 is 5.73 Å². The predicted octanol–water partition coefficient (Wildman–Crippen LogP) is 2.71. The molecule has 0 amide bonds. The maximum atomic E-state index is 5.67. The molecule has 0 radical (unpaired) electrons. The third-order valence-corrected chi connectivity index (χ3v) is 5.81. The fraction of sp³-hybridized carbons (Fsp3) is 1.00. The van der Waals surface area contributed by atoms with Crippen LogP contribution in [-0.2, 0) is 0 Å². The Hall–Kier alpha value is 0.310. The van der Waals surface area contributed by atoms with Crippen molar-refractivity contribution in [2.75, 3.05) is 6.54 Å². The Bertz CT molecular complexity index is 213. The number of thiol groups is 1. The van der Waals surface area contributed by atoms with Crippen molar-refractivity contribution in [2.24, 2.45) is 35.3 Å². The highest BCUT2D eigenvalue weighted by molar-refractivity contribution is 7.81. The van der Waals surface area contributed by atoms with E-state index < -0.39 is 0 Å². The average molecular weight is 225 g/mol. The first-order valence-corrected chi connectivity index (χ1v) is 7.17. The summed E-state index contributed by atoms with van der Waals surface area (Å²) in [6.07, 6.45) is 8.72. The number of rotatable bonds is 3. The van der Waals surface area contributed by atoms with Gasteiger partial charge in [0.25, 0.3) is 0 Å². The second-order valence-electron chi connectivity index (χ2n) is 6.15. The van der Waals surface area contributed by atoms with Crippen LogP contribution >= 0.6 is 12.6 Å². The largest absolute Gasteiger partial charge is 0.330 e. The van der Waals surface area contributed by atoms with E-state index in [0.29, 0.717) is 5.25 Å². The topological polar surface area (TPSA) is 26.0 Å². The minimum absolute atomic E-state index is 0.588. The Kier molecular flexibility index (Phi) is 2.76. The van der Waals surface area contributed by atoms with Crippen LogP contribution in [0, 0.1) is 29.6 Å². The van der Waals surface area contributed by atoms with Gasteiger partial charge in [-0.3, -0.25) is 0 Å². The summed E-state index contributed by atoms with van der Waals surface area (Å²) in [6.45, 7) is 0.816. The van der Waals surface area contributed by atoms with Crippen LogP contribution in [0.3, 0.4) is 0 Å². The molecule has 4 aliphatic carbocycles. The first kappa shape index (κ1) is 10.5. The second-order valence-corrected chi connectivity index (χ2v) is 6.82. The molecule has 1 atom stereocenters. The first-order chi connectivity index (χ1) is 7.28. The van der Waals surface area contributed by atoms with Gasteiger partial charge in [-0.1, -0.05) is 0 Å². The van der Waals surface area contributed by atoms with Gasteiger partial charge in [0.05, 0.1) is 0 Å². The summed E-state index contributed by atoms with van der Waals surface area (Å²) in [4.78, 5) is 0. The van der Waals surface area contributed by atoms with Gasteiger partial charge in [-0.05, 0) is 74.7 Å². The highest BCUT2D eigenvalue weighted by Gasteiger charge is 2.49. The van der Waals surface area contributed by atoms with E-state index in [2.05, 4.69) is 0 Å². The van der Waals surface area contributed by atoms with Gasteiger partial charge in [-0.25, -0.2) is 0 Å². The Morgan fingerprint density at radius 1 is 1.00 bits per heavy atom. The molecule has 4 fully saturated rings. The standard InChI is InChI=1S/C13H23NS/c14-2-1-12(15)13-10-4-8-3-9(6-10)7-11(13)5-8/h8-13,15H,1-7,14H2. The predicted molar refractivity (Wildman–Crippen MR) is 67.0 cm³/mol. The van der Waals surface area contributed by atoms with Crippen LogP contribution in [0.1, 0.15) is 38.5 Å². The van der Waals surface area contributed by atoms with E-state index in [0.717, 1.165) is 42.6 Å². The van der Waals surface area contributed by atoms with E-state index in [4.69, 9.17) is 18.4 Å². The fourth-order valence-corrected chi connectivity index (χ4v) is 5.59. The van der Waals surface area contributed by atoms with Gasteiger partial charge in [0.1, 0.15) is 0 Å². The Balaban J connectivity index is 1.74. The van der Waals surface area contributed by atoms with E-state index >= 15 is 0 Å². The van der Waals surface area contributed by atoms with Gasteiger partial charge in [0, 0.05) is 5.25 Å². The summed E-state index contributed by atoms with van der Waals surface area (Å²) in [5.74, 6) is 5.10. The third-order valence-electron chi connectivity index (χ3n) is 5.21. The number of hydrogen-bond donors (Lipinski definition) is 2. The van der Waals surface area contributed by atoms with Gasteiger partial charge < -0.3 is 5.73 Å². The minimum Gasteiger partial charge on any atom is -0.330 e. The fourth-order valence-electron chi connectivity index (χ4n) is 4.96. The minimum atomic E-state index is 0.588. The average Bonchev–Trinajstić information content (AvgIpc) is 2.15. The smallest absolute Gasteiger partial charge is 0.00623 e. The van der Waals surface area contributed by atoms with Gasteiger partial charge in [-0.15, -0.1) is 0 Å². The zero-order valence-corrected chi connectivity index (χ0v) is 10.3. The van der Waals surface area contributed by atoms with E-state index in [1.807, 2.05) is 0 Å². The summed E-state index contributed by atoms with van der Waals surface area (Å²) in [7, 11) is 0. The summed E-state index contributed by atoms with van der Waals surface area (Å²) >= 11 is 4.82. The Morgan fingerprint density at radius 3 is 2.00 bits per heavy atom. The van der Waals surface area contributed by atoms with Crippen molar-refractivity contribution in [2.45, 2.75) is 43.8 Å². The van der Waals surface area contributed by atoms with Crippen LogP contribution in [0.4, 0.5) is 0 Å². The molecule has 0 aromatic rings. The molecule has 0 heterocycles. The number of nitrogens with two attached hydrogens (primary N) is 1. The highest BCUT2D eigenvalue weighted by Crippen LogP contribution is 2.58. The first-order valence-electron chi connectivity index (χ1n) is 6.66. The zero-order valence-electron chi connectivity index (χ0n) is 9.44. The van der Waals surface area contributed by atoms with E-state index in [-0.39, 0.29) is 0 Å². The van der Waals surface area contributed by atoms with Gasteiger partial charge in [-0.2, -0.15) is 12.6 Å². The molecule has 4 rings (SSSR count). The summed E-state index contributed by atoms with van der Waals surface area (Å²) in [6, 6.07) is 0. The van der Waals surface area contributed by atoms with Gasteiger partial charge >= 0.3 is 0 Å². The van der Waals surface area contributed by atoms with Crippen LogP contribution in [0.25, 0.3) is 0 Å². The lowest BCUT2D eigenvalue weighted by molar-refractivity contribution is -0.0371. The molecular weight excluding hydrogens is 202 g/mol. The maximum Gasteiger partial charge on any atom is 0.00623 e. The van der Waals surface area contributed by atoms with Crippen LogP contribution in [0.2, 0.25) is 0 Å². The van der Waals surface area contributed by atoms with Crippen molar-refractivity contribution in [1.82, 2.24) is 0 Å². The Labute approximate surface area is 98.6 Å². The van der Waals surface area contributed by atoms with E-state index in [1.165, 1.54) is 25.7 Å². The zero-order chi connectivity index (χ0) is 10.4. The van der Waals surface area contributed by atoms with Crippen molar-refractivity contribution in [3.63, 3.8) is 0 Å². The quantitative estimate of drug-likeness (QED) is 0.710. The summed E-state index contributed by atoms with van der Waals surface area (Å²) < 4.78 is 0. The summed E-state index contributed by atoms with van der Waals surface area (Å²) in [5, 5.41) is 0.588. The Morgan fingerprint density at radius 2 is 1.53 bits per heavy atom. The molecular formula is C13H23NS. The molecule has 0 aromatic carbocycles. The number of hydrogen-bond acceptors (Lipinski definition) is 2. The maximum absolute atomic E-state index is 5.67. The monoisotopic (exact) mass is 225 g/mol. The van der Waals surface area contributed by atoms with Crippen molar-refractivity contribution in [1.29, 1.82) is 0 Å². The molecule has 0 saturated heterocycles. The van der Waals surface area contributed by atoms with E-state index in [1.54, 1.807) is 6.42 Å². The van der Waals surface area contributed by atoms with Crippen molar-refractivity contribution in [3.8, 4) is 0 Å². The third kappa shape index (κ3) is 1.74. The molecule has 4 bridgehead atoms. The molecule has 0 aromatic heterocycles.